The van der Waals surface area contributed by atoms with E-state index >= 15 is 0 Å². The largest absolute Gasteiger partial charge is 0.481 e. The summed E-state index contributed by atoms with van der Waals surface area (Å²) in [6, 6.07) is 7.50. The van der Waals surface area contributed by atoms with Gasteiger partial charge in [0.1, 0.15) is 0 Å². The van der Waals surface area contributed by atoms with Gasteiger partial charge in [0.25, 0.3) is 0 Å². The monoisotopic (exact) mass is 342 g/mol. The van der Waals surface area contributed by atoms with Crippen LogP contribution >= 0.6 is 0 Å². The lowest BCUT2D eigenvalue weighted by Gasteiger charge is -2.19. The highest BCUT2D eigenvalue weighted by Gasteiger charge is 2.41. The summed E-state index contributed by atoms with van der Waals surface area (Å²) in [4.78, 5) is 38.6. The zero-order valence-corrected chi connectivity index (χ0v) is 14.3. The standard InChI is InChI=1S/C19H22N2O4/c1-19(18(24)25)10-12-20(13-19)16(22)9-6-14-4-7-15(8-5-14)21-11-2-3-17(21)23/h4-9H,2-3,10-13H2,1H3,(H,24,25). The van der Waals surface area contributed by atoms with E-state index in [1.807, 2.05) is 24.3 Å². The molecule has 0 radical (unpaired) electrons. The van der Waals surface area contributed by atoms with Crippen molar-refractivity contribution in [1.29, 1.82) is 0 Å². The molecule has 1 unspecified atom stereocenters. The molecule has 0 spiro atoms. The number of hydrogen-bond donors (Lipinski definition) is 1. The van der Waals surface area contributed by atoms with Crippen LogP contribution in [-0.2, 0) is 14.4 Å². The Morgan fingerprint density at radius 2 is 1.92 bits per heavy atom. The van der Waals surface area contributed by atoms with Crippen LogP contribution in [0.25, 0.3) is 6.08 Å². The minimum Gasteiger partial charge on any atom is -0.481 e. The first kappa shape index (κ1) is 17.2. The number of benzene rings is 1. The van der Waals surface area contributed by atoms with Crippen LogP contribution in [0.5, 0.6) is 0 Å². The van der Waals surface area contributed by atoms with Crippen LogP contribution < -0.4 is 4.90 Å². The van der Waals surface area contributed by atoms with Gasteiger partial charge in [-0.25, -0.2) is 0 Å². The molecule has 0 aromatic heterocycles. The second-order valence-electron chi connectivity index (χ2n) is 6.95. The molecule has 1 N–H and O–H groups in total. The minimum absolute atomic E-state index is 0.147. The van der Waals surface area contributed by atoms with Gasteiger partial charge in [0.05, 0.1) is 5.41 Å². The van der Waals surface area contributed by atoms with Gasteiger partial charge in [0.2, 0.25) is 11.8 Å². The van der Waals surface area contributed by atoms with Gasteiger partial charge >= 0.3 is 5.97 Å². The number of nitrogens with zero attached hydrogens (tertiary/aromatic N) is 2. The Balaban J connectivity index is 1.61. The van der Waals surface area contributed by atoms with Crippen LogP contribution in [0.4, 0.5) is 5.69 Å². The number of aliphatic carboxylic acids is 1. The summed E-state index contributed by atoms with van der Waals surface area (Å²) in [7, 11) is 0. The number of carboxylic acids is 1. The van der Waals surface area contributed by atoms with E-state index in [2.05, 4.69) is 0 Å². The van der Waals surface area contributed by atoms with Crippen LogP contribution in [0.2, 0.25) is 0 Å². The number of hydrogen-bond acceptors (Lipinski definition) is 3. The van der Waals surface area contributed by atoms with E-state index in [1.165, 1.54) is 6.08 Å². The number of carbonyl (C=O) groups is 3. The smallest absolute Gasteiger partial charge is 0.311 e. The van der Waals surface area contributed by atoms with E-state index in [0.717, 1.165) is 24.2 Å². The van der Waals surface area contributed by atoms with E-state index in [1.54, 1.807) is 22.8 Å². The van der Waals surface area contributed by atoms with E-state index in [4.69, 9.17) is 0 Å². The first-order chi connectivity index (χ1) is 11.9. The predicted molar refractivity (Wildman–Crippen MR) is 94.0 cm³/mol. The van der Waals surface area contributed by atoms with Gasteiger partial charge in [-0.3, -0.25) is 14.4 Å². The molecule has 6 nitrogen and oxygen atoms in total. The summed E-state index contributed by atoms with van der Waals surface area (Å²) >= 11 is 0. The first-order valence-electron chi connectivity index (χ1n) is 8.50. The number of rotatable bonds is 4. The molecular weight excluding hydrogens is 320 g/mol. The number of carbonyl (C=O) groups excluding carboxylic acids is 2. The summed E-state index contributed by atoms with van der Waals surface area (Å²) < 4.78 is 0. The molecule has 2 aliphatic rings. The molecule has 0 saturated carbocycles. The van der Waals surface area contributed by atoms with Gasteiger partial charge in [-0.05, 0) is 43.5 Å². The summed E-state index contributed by atoms with van der Waals surface area (Å²) in [5, 5.41) is 9.23. The van der Waals surface area contributed by atoms with Crippen LogP contribution in [0.15, 0.2) is 30.3 Å². The lowest BCUT2D eigenvalue weighted by Crippen LogP contribution is -2.34. The van der Waals surface area contributed by atoms with Gasteiger partial charge in [0.15, 0.2) is 0 Å². The third-order valence-corrected chi connectivity index (χ3v) is 5.00. The van der Waals surface area contributed by atoms with Crippen molar-refractivity contribution >= 4 is 29.5 Å². The van der Waals surface area contributed by atoms with E-state index in [0.29, 0.717) is 19.4 Å². The Kier molecular flexibility index (Phi) is 4.61. The second kappa shape index (κ2) is 6.70. The third kappa shape index (κ3) is 3.57. The number of likely N-dealkylation sites (tertiary alicyclic amines) is 1. The molecule has 0 aliphatic carbocycles. The Hall–Kier alpha value is -2.63. The zero-order chi connectivity index (χ0) is 18.0. The maximum absolute atomic E-state index is 12.2. The average Bonchev–Trinajstić information content (AvgIpc) is 3.20. The van der Waals surface area contributed by atoms with E-state index in [-0.39, 0.29) is 18.4 Å². The molecule has 6 heteroatoms. The van der Waals surface area contributed by atoms with Crippen LogP contribution in [0.1, 0.15) is 31.7 Å². The molecule has 2 amide bonds. The van der Waals surface area contributed by atoms with Crippen LogP contribution in [-0.4, -0.2) is 47.4 Å². The fraction of sp³-hybridized carbons (Fsp3) is 0.421. The molecule has 2 saturated heterocycles. The van der Waals surface area contributed by atoms with Gasteiger partial charge in [-0.2, -0.15) is 0 Å². The predicted octanol–water partition coefficient (Wildman–Crippen LogP) is 2.15. The third-order valence-electron chi connectivity index (χ3n) is 5.00. The maximum Gasteiger partial charge on any atom is 0.311 e. The highest BCUT2D eigenvalue weighted by molar-refractivity contribution is 5.95. The molecule has 25 heavy (non-hydrogen) atoms. The fourth-order valence-corrected chi connectivity index (χ4v) is 3.28. The van der Waals surface area contributed by atoms with Gasteiger partial charge in [-0.1, -0.05) is 12.1 Å². The van der Waals surface area contributed by atoms with Crippen molar-refractivity contribution in [2.75, 3.05) is 24.5 Å². The Labute approximate surface area is 146 Å². The quantitative estimate of drug-likeness (QED) is 0.851. The molecule has 1 aromatic carbocycles. The van der Waals surface area contributed by atoms with Crippen molar-refractivity contribution < 1.29 is 19.5 Å². The number of anilines is 1. The van der Waals surface area contributed by atoms with Crippen molar-refractivity contribution in [1.82, 2.24) is 4.90 Å². The van der Waals surface area contributed by atoms with Crippen LogP contribution in [0.3, 0.4) is 0 Å². The molecule has 3 rings (SSSR count). The van der Waals surface area contributed by atoms with Crippen molar-refractivity contribution in [2.45, 2.75) is 26.2 Å². The SMILES string of the molecule is CC1(C(=O)O)CCN(C(=O)C=Cc2ccc(N3CCCC3=O)cc2)C1. The van der Waals surface area contributed by atoms with E-state index < -0.39 is 11.4 Å². The lowest BCUT2D eigenvalue weighted by atomic mass is 9.90. The van der Waals surface area contributed by atoms with Gasteiger partial charge in [0, 0.05) is 37.8 Å². The first-order valence-corrected chi connectivity index (χ1v) is 8.50. The fourth-order valence-electron chi connectivity index (χ4n) is 3.28. The Morgan fingerprint density at radius 1 is 1.20 bits per heavy atom. The minimum atomic E-state index is -0.862. The molecule has 2 aliphatic heterocycles. The molecule has 1 atom stereocenters. The lowest BCUT2D eigenvalue weighted by molar-refractivity contribution is -0.147. The highest BCUT2D eigenvalue weighted by Crippen LogP contribution is 2.30. The van der Waals surface area contributed by atoms with Gasteiger partial charge in [-0.15, -0.1) is 0 Å². The summed E-state index contributed by atoms with van der Waals surface area (Å²) in [6.07, 6.45) is 5.15. The second-order valence-corrected chi connectivity index (χ2v) is 6.95. The zero-order valence-electron chi connectivity index (χ0n) is 14.3. The molecule has 2 heterocycles. The topological polar surface area (TPSA) is 77.9 Å². The maximum atomic E-state index is 12.2. The normalized spacial score (nSPS) is 23.6. The number of carboxylic acid groups (broad SMARTS) is 1. The summed E-state index contributed by atoms with van der Waals surface area (Å²) in [5.41, 5.74) is 0.889. The van der Waals surface area contributed by atoms with Crippen molar-refractivity contribution in [2.24, 2.45) is 5.41 Å². The summed E-state index contributed by atoms with van der Waals surface area (Å²) in [5.74, 6) is -0.892. The molecule has 0 bridgehead atoms. The van der Waals surface area contributed by atoms with Crippen molar-refractivity contribution in [3.05, 3.63) is 35.9 Å². The van der Waals surface area contributed by atoms with Crippen molar-refractivity contribution in [3.8, 4) is 0 Å². The molecule has 1 aromatic rings. The van der Waals surface area contributed by atoms with Gasteiger partial charge < -0.3 is 14.9 Å². The Morgan fingerprint density at radius 3 is 2.48 bits per heavy atom. The Bertz CT molecular complexity index is 725. The number of amides is 2. The van der Waals surface area contributed by atoms with Crippen molar-refractivity contribution in [3.63, 3.8) is 0 Å². The molecule has 2 fully saturated rings. The average molecular weight is 342 g/mol. The van der Waals surface area contributed by atoms with E-state index in [9.17, 15) is 19.5 Å². The summed E-state index contributed by atoms with van der Waals surface area (Å²) in [6.45, 7) is 3.12. The molecular formula is C19H22N2O4. The molecule has 132 valence electrons. The highest BCUT2D eigenvalue weighted by atomic mass is 16.4. The van der Waals surface area contributed by atoms with Crippen LogP contribution in [0, 0.1) is 5.41 Å².